The minimum atomic E-state index is 0.0315. The first-order chi connectivity index (χ1) is 12.8. The summed E-state index contributed by atoms with van der Waals surface area (Å²) >= 11 is 0. The van der Waals surface area contributed by atoms with Crippen molar-refractivity contribution in [2.24, 2.45) is 0 Å². The number of carbonyl (C=O) groups excluding carboxylic acids is 1. The number of pyridine rings is 1. The van der Waals surface area contributed by atoms with Gasteiger partial charge >= 0.3 is 0 Å². The Morgan fingerprint density at radius 2 is 1.81 bits per heavy atom. The third kappa shape index (κ3) is 3.90. The number of rotatable bonds is 3. The summed E-state index contributed by atoms with van der Waals surface area (Å²) in [5, 5.41) is 3.62. The summed E-state index contributed by atoms with van der Waals surface area (Å²) in [6, 6.07) is 12.8. The SMILES string of the molecule is O=C(c1cc(NC2CCCCCC2)ccn1)N1CCc2ccccc2C1. The van der Waals surface area contributed by atoms with E-state index < -0.39 is 0 Å². The van der Waals surface area contributed by atoms with E-state index in [-0.39, 0.29) is 5.91 Å². The Balaban J connectivity index is 1.45. The second kappa shape index (κ2) is 7.90. The molecule has 4 rings (SSSR count). The van der Waals surface area contributed by atoms with Crippen LogP contribution in [0.5, 0.6) is 0 Å². The molecular weight excluding hydrogens is 322 g/mol. The first kappa shape index (κ1) is 17.1. The monoisotopic (exact) mass is 349 g/mol. The summed E-state index contributed by atoms with van der Waals surface area (Å²) in [5.41, 5.74) is 4.17. The van der Waals surface area contributed by atoms with Gasteiger partial charge in [0.2, 0.25) is 0 Å². The Morgan fingerprint density at radius 1 is 1.04 bits per heavy atom. The number of anilines is 1. The standard InChI is InChI=1S/C22H27N3O/c26-22(25-14-12-17-7-5-6-8-18(17)16-25)21-15-20(11-13-23-21)24-19-9-3-1-2-4-10-19/h5-8,11,13,15,19H,1-4,9-10,12,14,16H2,(H,23,24). The van der Waals surface area contributed by atoms with Crippen LogP contribution >= 0.6 is 0 Å². The van der Waals surface area contributed by atoms with E-state index in [1.807, 2.05) is 23.1 Å². The average molecular weight is 349 g/mol. The number of nitrogens with zero attached hydrogens (tertiary/aromatic N) is 2. The molecule has 1 aromatic heterocycles. The first-order valence-corrected chi connectivity index (χ1v) is 9.88. The van der Waals surface area contributed by atoms with Crippen molar-refractivity contribution in [3.05, 3.63) is 59.4 Å². The van der Waals surface area contributed by atoms with Crippen LogP contribution in [0.3, 0.4) is 0 Å². The van der Waals surface area contributed by atoms with Gasteiger partial charge in [-0.15, -0.1) is 0 Å². The molecule has 1 aliphatic heterocycles. The maximum absolute atomic E-state index is 12.9. The molecular formula is C22H27N3O. The summed E-state index contributed by atoms with van der Waals surface area (Å²) in [6.45, 7) is 1.44. The highest BCUT2D eigenvalue weighted by Gasteiger charge is 2.22. The molecule has 1 fully saturated rings. The van der Waals surface area contributed by atoms with Crippen LogP contribution in [0.1, 0.15) is 60.1 Å². The molecule has 0 spiro atoms. The number of aromatic nitrogens is 1. The Morgan fingerprint density at radius 3 is 2.62 bits per heavy atom. The van der Waals surface area contributed by atoms with E-state index in [9.17, 15) is 4.79 Å². The molecule has 1 N–H and O–H groups in total. The number of amides is 1. The number of nitrogens with one attached hydrogen (secondary N) is 1. The van der Waals surface area contributed by atoms with Crippen LogP contribution in [0.15, 0.2) is 42.6 Å². The van der Waals surface area contributed by atoms with Crippen molar-refractivity contribution in [3.63, 3.8) is 0 Å². The molecule has 1 aliphatic carbocycles. The van der Waals surface area contributed by atoms with E-state index in [1.165, 1.54) is 49.7 Å². The molecule has 136 valence electrons. The van der Waals surface area contributed by atoms with Gasteiger partial charge in [0.25, 0.3) is 5.91 Å². The normalized spacial score (nSPS) is 18.1. The zero-order valence-electron chi connectivity index (χ0n) is 15.3. The predicted octanol–water partition coefficient (Wildman–Crippen LogP) is 4.41. The third-order valence-electron chi connectivity index (χ3n) is 5.62. The average Bonchev–Trinajstić information content (AvgIpc) is 2.96. The van der Waals surface area contributed by atoms with E-state index in [0.29, 0.717) is 18.3 Å². The van der Waals surface area contributed by atoms with Crippen LogP contribution in [0.25, 0.3) is 0 Å². The fourth-order valence-corrected chi connectivity index (χ4v) is 4.13. The highest BCUT2D eigenvalue weighted by atomic mass is 16.2. The molecule has 4 nitrogen and oxygen atoms in total. The maximum Gasteiger partial charge on any atom is 0.272 e. The predicted molar refractivity (Wildman–Crippen MR) is 104 cm³/mol. The van der Waals surface area contributed by atoms with E-state index in [4.69, 9.17) is 0 Å². The quantitative estimate of drug-likeness (QED) is 0.835. The van der Waals surface area contributed by atoms with Crippen LogP contribution in [0.4, 0.5) is 5.69 Å². The van der Waals surface area contributed by atoms with Gasteiger partial charge < -0.3 is 10.2 Å². The van der Waals surface area contributed by atoms with Gasteiger partial charge in [-0.05, 0) is 42.5 Å². The van der Waals surface area contributed by atoms with Gasteiger partial charge in [-0.1, -0.05) is 49.9 Å². The molecule has 2 aromatic rings. The van der Waals surface area contributed by atoms with Gasteiger partial charge in [-0.3, -0.25) is 9.78 Å². The van der Waals surface area contributed by atoms with Crippen molar-refractivity contribution in [2.75, 3.05) is 11.9 Å². The molecule has 0 atom stereocenters. The Labute approximate surface area is 155 Å². The molecule has 4 heteroatoms. The van der Waals surface area contributed by atoms with Crippen molar-refractivity contribution >= 4 is 11.6 Å². The molecule has 1 saturated carbocycles. The molecule has 26 heavy (non-hydrogen) atoms. The van der Waals surface area contributed by atoms with Crippen molar-refractivity contribution in [1.29, 1.82) is 0 Å². The minimum absolute atomic E-state index is 0.0315. The second-order valence-electron chi connectivity index (χ2n) is 7.51. The number of hydrogen-bond acceptors (Lipinski definition) is 3. The van der Waals surface area contributed by atoms with Crippen LogP contribution in [0, 0.1) is 0 Å². The van der Waals surface area contributed by atoms with Crippen molar-refractivity contribution in [2.45, 2.75) is 57.5 Å². The lowest BCUT2D eigenvalue weighted by Crippen LogP contribution is -2.36. The number of carbonyl (C=O) groups is 1. The third-order valence-corrected chi connectivity index (χ3v) is 5.62. The van der Waals surface area contributed by atoms with Gasteiger partial charge in [0.1, 0.15) is 5.69 Å². The Kier molecular flexibility index (Phi) is 5.19. The lowest BCUT2D eigenvalue weighted by atomic mass is 10.00. The topological polar surface area (TPSA) is 45.2 Å². The zero-order valence-corrected chi connectivity index (χ0v) is 15.3. The van der Waals surface area contributed by atoms with Gasteiger partial charge in [-0.25, -0.2) is 0 Å². The molecule has 1 amide bonds. The molecule has 0 saturated heterocycles. The van der Waals surface area contributed by atoms with Gasteiger partial charge in [0.15, 0.2) is 0 Å². The van der Waals surface area contributed by atoms with Crippen molar-refractivity contribution in [1.82, 2.24) is 9.88 Å². The van der Waals surface area contributed by atoms with Crippen LogP contribution < -0.4 is 5.32 Å². The van der Waals surface area contributed by atoms with Crippen LogP contribution in [0.2, 0.25) is 0 Å². The highest BCUT2D eigenvalue weighted by Crippen LogP contribution is 2.23. The molecule has 2 aliphatic rings. The van der Waals surface area contributed by atoms with E-state index in [1.54, 1.807) is 6.20 Å². The summed E-state index contributed by atoms with van der Waals surface area (Å²) in [7, 11) is 0. The number of hydrogen-bond donors (Lipinski definition) is 1. The Hall–Kier alpha value is -2.36. The zero-order chi connectivity index (χ0) is 17.8. The van der Waals surface area contributed by atoms with E-state index in [0.717, 1.165) is 18.7 Å². The number of benzene rings is 1. The molecule has 0 unspecified atom stereocenters. The molecule has 2 heterocycles. The molecule has 0 radical (unpaired) electrons. The fourth-order valence-electron chi connectivity index (χ4n) is 4.13. The largest absolute Gasteiger partial charge is 0.382 e. The van der Waals surface area contributed by atoms with Gasteiger partial charge in [-0.2, -0.15) is 0 Å². The van der Waals surface area contributed by atoms with Crippen LogP contribution in [-0.4, -0.2) is 28.4 Å². The van der Waals surface area contributed by atoms with E-state index >= 15 is 0 Å². The van der Waals surface area contributed by atoms with E-state index in [2.05, 4.69) is 28.5 Å². The first-order valence-electron chi connectivity index (χ1n) is 9.88. The van der Waals surface area contributed by atoms with Crippen molar-refractivity contribution in [3.8, 4) is 0 Å². The molecule has 0 bridgehead atoms. The summed E-state index contributed by atoms with van der Waals surface area (Å²) < 4.78 is 0. The number of fused-ring (bicyclic) bond motifs is 1. The maximum atomic E-state index is 12.9. The minimum Gasteiger partial charge on any atom is -0.382 e. The van der Waals surface area contributed by atoms with Crippen LogP contribution in [-0.2, 0) is 13.0 Å². The van der Waals surface area contributed by atoms with Gasteiger partial charge in [0, 0.05) is 31.0 Å². The second-order valence-corrected chi connectivity index (χ2v) is 7.51. The summed E-state index contributed by atoms with van der Waals surface area (Å²) in [4.78, 5) is 19.2. The highest BCUT2D eigenvalue weighted by molar-refractivity contribution is 5.93. The van der Waals surface area contributed by atoms with Crippen molar-refractivity contribution < 1.29 is 4.79 Å². The summed E-state index contributed by atoms with van der Waals surface area (Å²) in [5.74, 6) is 0.0315. The fraction of sp³-hybridized carbons (Fsp3) is 0.455. The molecule has 1 aromatic carbocycles. The lowest BCUT2D eigenvalue weighted by Gasteiger charge is -2.28. The lowest BCUT2D eigenvalue weighted by molar-refractivity contribution is 0.0729. The van der Waals surface area contributed by atoms with Gasteiger partial charge in [0.05, 0.1) is 0 Å². The Bertz CT molecular complexity index is 765. The summed E-state index contributed by atoms with van der Waals surface area (Å²) in [6.07, 6.45) is 10.4. The smallest absolute Gasteiger partial charge is 0.272 e.